The molecule has 1 saturated heterocycles. The zero-order chi connectivity index (χ0) is 12.0. The number of rotatable bonds is 2. The van der Waals surface area contributed by atoms with E-state index in [1.807, 2.05) is 0 Å². The summed E-state index contributed by atoms with van der Waals surface area (Å²) in [4.78, 5) is 26.1. The van der Waals surface area contributed by atoms with Gasteiger partial charge >= 0.3 is 0 Å². The van der Waals surface area contributed by atoms with Crippen molar-refractivity contribution in [3.8, 4) is 0 Å². The molecular formula is C13H19NO3. The van der Waals surface area contributed by atoms with Gasteiger partial charge in [-0.1, -0.05) is 6.42 Å². The summed E-state index contributed by atoms with van der Waals surface area (Å²) >= 11 is 0. The predicted molar refractivity (Wildman–Crippen MR) is 60.9 cm³/mol. The SMILES string of the molecule is O=C1C2CCC(C2)C(=O)N1C1CCCC1CO. The highest BCUT2D eigenvalue weighted by atomic mass is 16.3. The van der Waals surface area contributed by atoms with E-state index >= 15 is 0 Å². The molecule has 3 fully saturated rings. The second-order valence-electron chi connectivity index (χ2n) is 5.69. The molecule has 4 heteroatoms. The van der Waals surface area contributed by atoms with Crippen LogP contribution in [0.4, 0.5) is 0 Å². The number of amides is 2. The highest BCUT2D eigenvalue weighted by Gasteiger charge is 2.49. The first-order chi connectivity index (χ1) is 8.22. The van der Waals surface area contributed by atoms with Crippen LogP contribution in [-0.2, 0) is 9.59 Å². The van der Waals surface area contributed by atoms with Gasteiger partial charge in [-0.25, -0.2) is 0 Å². The van der Waals surface area contributed by atoms with Crippen LogP contribution in [0.2, 0.25) is 0 Å². The summed E-state index contributed by atoms with van der Waals surface area (Å²) < 4.78 is 0. The zero-order valence-electron chi connectivity index (χ0n) is 9.97. The van der Waals surface area contributed by atoms with Crippen molar-refractivity contribution < 1.29 is 14.7 Å². The van der Waals surface area contributed by atoms with E-state index in [2.05, 4.69) is 0 Å². The van der Waals surface area contributed by atoms with Gasteiger partial charge in [0.1, 0.15) is 0 Å². The molecule has 2 bridgehead atoms. The molecule has 3 aliphatic rings. The molecule has 0 aromatic rings. The summed E-state index contributed by atoms with van der Waals surface area (Å²) in [6.07, 6.45) is 5.35. The summed E-state index contributed by atoms with van der Waals surface area (Å²) in [7, 11) is 0. The van der Waals surface area contributed by atoms with Crippen LogP contribution in [-0.4, -0.2) is 34.5 Å². The second kappa shape index (κ2) is 4.09. The third-order valence-corrected chi connectivity index (χ3v) is 4.79. The normalized spacial score (nSPS) is 41.4. The van der Waals surface area contributed by atoms with Gasteiger partial charge in [0, 0.05) is 30.4 Å². The Morgan fingerprint density at radius 3 is 2.29 bits per heavy atom. The lowest BCUT2D eigenvalue weighted by atomic mass is 9.93. The summed E-state index contributed by atoms with van der Waals surface area (Å²) in [5.74, 6) is 0.346. The topological polar surface area (TPSA) is 57.6 Å². The number of carbonyl (C=O) groups is 2. The van der Waals surface area contributed by atoms with Crippen LogP contribution in [0, 0.1) is 17.8 Å². The number of aliphatic hydroxyl groups is 1. The van der Waals surface area contributed by atoms with E-state index in [0.29, 0.717) is 0 Å². The van der Waals surface area contributed by atoms with Gasteiger partial charge in [0.2, 0.25) is 11.8 Å². The number of likely N-dealkylation sites (tertiary alicyclic amines) is 1. The Morgan fingerprint density at radius 2 is 1.71 bits per heavy atom. The Labute approximate surface area is 101 Å². The number of carbonyl (C=O) groups excluding carboxylic acids is 2. The first kappa shape index (κ1) is 11.2. The molecule has 94 valence electrons. The second-order valence-corrected chi connectivity index (χ2v) is 5.69. The van der Waals surface area contributed by atoms with Crippen LogP contribution in [0.15, 0.2) is 0 Å². The fourth-order valence-corrected chi connectivity index (χ4v) is 3.83. The van der Waals surface area contributed by atoms with E-state index < -0.39 is 0 Å². The Hall–Kier alpha value is -0.900. The van der Waals surface area contributed by atoms with E-state index in [9.17, 15) is 14.7 Å². The Kier molecular flexibility index (Phi) is 2.69. The molecule has 0 aromatic heterocycles. The summed E-state index contributed by atoms with van der Waals surface area (Å²) in [5, 5.41) is 9.34. The molecule has 17 heavy (non-hydrogen) atoms. The Balaban J connectivity index is 1.86. The molecule has 0 aromatic carbocycles. The minimum atomic E-state index is -0.0246. The molecule has 4 atom stereocenters. The van der Waals surface area contributed by atoms with E-state index in [1.54, 1.807) is 0 Å². The van der Waals surface area contributed by atoms with Gasteiger partial charge in [-0.3, -0.25) is 14.5 Å². The lowest BCUT2D eigenvalue weighted by Gasteiger charge is -2.36. The first-order valence-corrected chi connectivity index (χ1v) is 6.70. The van der Waals surface area contributed by atoms with Crippen molar-refractivity contribution in [1.82, 2.24) is 4.90 Å². The molecule has 1 N–H and O–H groups in total. The predicted octanol–water partition coefficient (Wildman–Crippen LogP) is 0.932. The van der Waals surface area contributed by atoms with E-state index in [1.165, 1.54) is 4.90 Å². The lowest BCUT2D eigenvalue weighted by molar-refractivity contribution is -0.157. The fraction of sp³-hybridized carbons (Fsp3) is 0.846. The van der Waals surface area contributed by atoms with E-state index in [-0.39, 0.29) is 42.2 Å². The zero-order valence-corrected chi connectivity index (χ0v) is 9.97. The third kappa shape index (κ3) is 1.61. The van der Waals surface area contributed by atoms with Crippen molar-refractivity contribution in [2.75, 3.05) is 6.61 Å². The Bertz CT molecular complexity index is 333. The maximum Gasteiger partial charge on any atom is 0.232 e. The van der Waals surface area contributed by atoms with Gasteiger partial charge in [0.05, 0.1) is 0 Å². The van der Waals surface area contributed by atoms with Gasteiger partial charge in [0.25, 0.3) is 0 Å². The number of fused-ring (bicyclic) bond motifs is 2. The summed E-state index contributed by atoms with van der Waals surface area (Å²) in [6.45, 7) is 0.0943. The van der Waals surface area contributed by atoms with Gasteiger partial charge in [-0.15, -0.1) is 0 Å². The van der Waals surface area contributed by atoms with Crippen molar-refractivity contribution in [2.24, 2.45) is 17.8 Å². The average Bonchev–Trinajstić information content (AvgIpc) is 2.95. The first-order valence-electron chi connectivity index (χ1n) is 6.70. The van der Waals surface area contributed by atoms with Crippen molar-refractivity contribution in [2.45, 2.75) is 44.6 Å². The highest BCUT2D eigenvalue weighted by molar-refractivity contribution is 6.01. The van der Waals surface area contributed by atoms with Crippen molar-refractivity contribution in [1.29, 1.82) is 0 Å². The van der Waals surface area contributed by atoms with Crippen LogP contribution in [0.1, 0.15) is 38.5 Å². The molecule has 3 rings (SSSR count). The molecular weight excluding hydrogens is 218 g/mol. The molecule has 1 aliphatic heterocycles. The maximum atomic E-state index is 12.3. The molecule has 0 spiro atoms. The number of piperidine rings is 1. The third-order valence-electron chi connectivity index (χ3n) is 4.79. The van der Waals surface area contributed by atoms with E-state index in [0.717, 1.165) is 38.5 Å². The molecule has 0 radical (unpaired) electrons. The highest BCUT2D eigenvalue weighted by Crippen LogP contribution is 2.42. The molecule has 4 unspecified atom stereocenters. The Morgan fingerprint density at radius 1 is 1.06 bits per heavy atom. The van der Waals surface area contributed by atoms with Crippen LogP contribution in [0.5, 0.6) is 0 Å². The van der Waals surface area contributed by atoms with Crippen LogP contribution >= 0.6 is 0 Å². The minimum absolute atomic E-state index is 0.0246. The lowest BCUT2D eigenvalue weighted by Crippen LogP contribution is -2.53. The largest absolute Gasteiger partial charge is 0.396 e. The van der Waals surface area contributed by atoms with Gasteiger partial charge in [0.15, 0.2) is 0 Å². The smallest absolute Gasteiger partial charge is 0.232 e. The number of hydrogen-bond acceptors (Lipinski definition) is 3. The van der Waals surface area contributed by atoms with Crippen LogP contribution in [0.3, 0.4) is 0 Å². The van der Waals surface area contributed by atoms with Crippen LogP contribution < -0.4 is 0 Å². The number of hydrogen-bond donors (Lipinski definition) is 1. The number of nitrogens with zero attached hydrogens (tertiary/aromatic N) is 1. The molecule has 2 aliphatic carbocycles. The average molecular weight is 237 g/mol. The molecule has 2 saturated carbocycles. The van der Waals surface area contributed by atoms with Crippen molar-refractivity contribution in [3.05, 3.63) is 0 Å². The minimum Gasteiger partial charge on any atom is -0.396 e. The van der Waals surface area contributed by atoms with Crippen molar-refractivity contribution in [3.63, 3.8) is 0 Å². The quantitative estimate of drug-likeness (QED) is 0.727. The van der Waals surface area contributed by atoms with Crippen molar-refractivity contribution >= 4 is 11.8 Å². The summed E-state index contributed by atoms with van der Waals surface area (Å²) in [5.41, 5.74) is 0. The van der Waals surface area contributed by atoms with Gasteiger partial charge in [-0.05, 0) is 32.1 Å². The van der Waals surface area contributed by atoms with E-state index in [4.69, 9.17) is 0 Å². The molecule has 4 nitrogen and oxygen atoms in total. The monoisotopic (exact) mass is 237 g/mol. The fourth-order valence-electron chi connectivity index (χ4n) is 3.83. The summed E-state index contributed by atoms with van der Waals surface area (Å²) in [6, 6.07) is -0.0246. The number of imide groups is 1. The van der Waals surface area contributed by atoms with Crippen LogP contribution in [0.25, 0.3) is 0 Å². The standard InChI is InChI=1S/C13H19NO3/c15-7-10-2-1-3-11(10)14-12(16)8-4-5-9(6-8)13(14)17/h8-11,15H,1-7H2. The number of aliphatic hydroxyl groups excluding tert-OH is 1. The maximum absolute atomic E-state index is 12.3. The van der Waals surface area contributed by atoms with Gasteiger partial charge < -0.3 is 5.11 Å². The van der Waals surface area contributed by atoms with Gasteiger partial charge in [-0.2, -0.15) is 0 Å². The molecule has 1 heterocycles. The molecule has 2 amide bonds.